The van der Waals surface area contributed by atoms with Gasteiger partial charge >= 0.3 is 0 Å². The first-order valence-electron chi connectivity index (χ1n) is 5.83. The Morgan fingerprint density at radius 3 is 2.68 bits per heavy atom. The summed E-state index contributed by atoms with van der Waals surface area (Å²) in [6.45, 7) is 0.196. The maximum atomic E-state index is 11.9. The number of ether oxygens (including phenoxy) is 1. The van der Waals surface area contributed by atoms with Crippen molar-refractivity contribution in [3.63, 3.8) is 0 Å². The molecule has 1 aromatic heterocycles. The molecule has 2 aromatic rings. The highest BCUT2D eigenvalue weighted by molar-refractivity contribution is 7.07. The van der Waals surface area contributed by atoms with Gasteiger partial charge < -0.3 is 15.2 Å². The number of hydrogen-bond donors (Lipinski definition) is 2. The zero-order valence-electron chi connectivity index (χ0n) is 10.5. The summed E-state index contributed by atoms with van der Waals surface area (Å²) in [7, 11) is 1.58. The first kappa shape index (κ1) is 13.6. The first-order chi connectivity index (χ1) is 9.20. The SMILES string of the molecule is COc1ccc(C(=O)NC[C@@H](O)c2ccsc2)cc1. The molecule has 0 saturated heterocycles. The Morgan fingerprint density at radius 1 is 1.37 bits per heavy atom. The number of aliphatic hydroxyl groups is 1. The fraction of sp³-hybridized carbons (Fsp3) is 0.214. The quantitative estimate of drug-likeness (QED) is 0.881. The molecule has 1 atom stereocenters. The van der Waals surface area contributed by atoms with E-state index >= 15 is 0 Å². The third-order valence-electron chi connectivity index (χ3n) is 2.74. The molecule has 1 aromatic carbocycles. The Morgan fingerprint density at radius 2 is 2.11 bits per heavy atom. The summed E-state index contributed by atoms with van der Waals surface area (Å²) < 4.78 is 5.03. The van der Waals surface area contributed by atoms with E-state index in [0.29, 0.717) is 11.3 Å². The van der Waals surface area contributed by atoms with Crippen LogP contribution in [0, 0.1) is 0 Å². The van der Waals surface area contributed by atoms with Crippen molar-refractivity contribution >= 4 is 17.2 Å². The number of benzene rings is 1. The summed E-state index contributed by atoms with van der Waals surface area (Å²) in [6.07, 6.45) is -0.673. The molecule has 0 aliphatic carbocycles. The molecule has 0 unspecified atom stereocenters. The molecule has 0 fully saturated rings. The number of nitrogens with one attached hydrogen (secondary N) is 1. The molecule has 5 heteroatoms. The molecule has 0 saturated carbocycles. The normalized spacial score (nSPS) is 11.9. The number of carbonyl (C=O) groups excluding carboxylic acids is 1. The number of aliphatic hydroxyl groups excluding tert-OH is 1. The van der Waals surface area contributed by atoms with Gasteiger partial charge in [0.2, 0.25) is 0 Å². The van der Waals surface area contributed by atoms with Gasteiger partial charge in [-0.05, 0) is 46.7 Å². The van der Waals surface area contributed by atoms with E-state index in [1.165, 1.54) is 11.3 Å². The summed E-state index contributed by atoms with van der Waals surface area (Å²) in [6, 6.07) is 8.67. The van der Waals surface area contributed by atoms with Crippen LogP contribution in [0.4, 0.5) is 0 Å². The smallest absolute Gasteiger partial charge is 0.251 e. The Labute approximate surface area is 115 Å². The van der Waals surface area contributed by atoms with Crippen LogP contribution in [0.5, 0.6) is 5.75 Å². The van der Waals surface area contributed by atoms with Crippen LogP contribution < -0.4 is 10.1 Å². The van der Waals surface area contributed by atoms with Crippen molar-refractivity contribution in [3.05, 3.63) is 52.2 Å². The highest BCUT2D eigenvalue weighted by Gasteiger charge is 2.11. The average molecular weight is 277 g/mol. The third-order valence-corrected chi connectivity index (χ3v) is 3.44. The second kappa shape index (κ2) is 6.36. The first-order valence-corrected chi connectivity index (χ1v) is 6.77. The van der Waals surface area contributed by atoms with E-state index in [9.17, 15) is 9.90 Å². The van der Waals surface area contributed by atoms with Crippen molar-refractivity contribution in [1.82, 2.24) is 5.32 Å². The van der Waals surface area contributed by atoms with Crippen molar-refractivity contribution in [2.24, 2.45) is 0 Å². The van der Waals surface area contributed by atoms with Gasteiger partial charge in [0.1, 0.15) is 5.75 Å². The van der Waals surface area contributed by atoms with Crippen LogP contribution in [-0.4, -0.2) is 24.7 Å². The second-order valence-corrected chi connectivity index (χ2v) is 4.79. The van der Waals surface area contributed by atoms with E-state index in [1.54, 1.807) is 31.4 Å². The predicted octanol–water partition coefficient (Wildman–Crippen LogP) is 2.22. The van der Waals surface area contributed by atoms with Crippen LogP contribution in [-0.2, 0) is 0 Å². The van der Waals surface area contributed by atoms with Crippen molar-refractivity contribution in [3.8, 4) is 5.75 Å². The van der Waals surface area contributed by atoms with Crippen LogP contribution in [0.1, 0.15) is 22.0 Å². The molecule has 1 heterocycles. The Kier molecular flexibility index (Phi) is 4.54. The molecule has 0 aliphatic rings. The van der Waals surface area contributed by atoms with Crippen molar-refractivity contribution in [2.45, 2.75) is 6.10 Å². The average Bonchev–Trinajstić information content (AvgIpc) is 2.98. The summed E-state index contributed by atoms with van der Waals surface area (Å²) >= 11 is 1.52. The van der Waals surface area contributed by atoms with E-state index in [-0.39, 0.29) is 12.5 Å². The van der Waals surface area contributed by atoms with Gasteiger partial charge in [-0.3, -0.25) is 4.79 Å². The van der Waals surface area contributed by atoms with Crippen LogP contribution in [0.3, 0.4) is 0 Å². The summed E-state index contributed by atoms with van der Waals surface area (Å²) in [5, 5.41) is 16.3. The van der Waals surface area contributed by atoms with Crippen LogP contribution >= 0.6 is 11.3 Å². The van der Waals surface area contributed by atoms with E-state index in [0.717, 1.165) is 5.56 Å². The van der Waals surface area contributed by atoms with Gasteiger partial charge in [-0.15, -0.1) is 0 Å². The lowest BCUT2D eigenvalue weighted by atomic mass is 10.1. The fourth-order valence-corrected chi connectivity index (χ4v) is 2.32. The van der Waals surface area contributed by atoms with Gasteiger partial charge in [-0.25, -0.2) is 0 Å². The Balaban J connectivity index is 1.90. The third kappa shape index (κ3) is 3.56. The number of amides is 1. The molecule has 1 amide bonds. The molecule has 0 spiro atoms. The van der Waals surface area contributed by atoms with Crippen LogP contribution in [0.15, 0.2) is 41.1 Å². The van der Waals surface area contributed by atoms with Gasteiger partial charge in [-0.2, -0.15) is 11.3 Å². The number of rotatable bonds is 5. The van der Waals surface area contributed by atoms with E-state index in [1.807, 2.05) is 16.8 Å². The zero-order valence-corrected chi connectivity index (χ0v) is 11.3. The molecule has 4 nitrogen and oxygen atoms in total. The number of hydrogen-bond acceptors (Lipinski definition) is 4. The largest absolute Gasteiger partial charge is 0.497 e. The van der Waals surface area contributed by atoms with E-state index in [2.05, 4.69) is 5.32 Å². The summed E-state index contributed by atoms with van der Waals surface area (Å²) in [4.78, 5) is 11.9. The Bertz CT molecular complexity index is 522. The molecule has 19 heavy (non-hydrogen) atoms. The monoisotopic (exact) mass is 277 g/mol. The molecule has 100 valence electrons. The summed E-state index contributed by atoms with van der Waals surface area (Å²) in [5.41, 5.74) is 1.36. The van der Waals surface area contributed by atoms with Crippen LogP contribution in [0.2, 0.25) is 0 Å². The van der Waals surface area contributed by atoms with Gasteiger partial charge in [0.25, 0.3) is 5.91 Å². The van der Waals surface area contributed by atoms with Gasteiger partial charge in [0.15, 0.2) is 0 Å². The topological polar surface area (TPSA) is 58.6 Å². The maximum absolute atomic E-state index is 11.9. The number of thiophene rings is 1. The van der Waals surface area contributed by atoms with Gasteiger partial charge in [0, 0.05) is 12.1 Å². The minimum atomic E-state index is -0.673. The summed E-state index contributed by atoms with van der Waals surface area (Å²) in [5.74, 6) is 0.492. The van der Waals surface area contributed by atoms with Gasteiger partial charge in [-0.1, -0.05) is 0 Å². The molecule has 2 rings (SSSR count). The van der Waals surface area contributed by atoms with Gasteiger partial charge in [0.05, 0.1) is 13.2 Å². The minimum Gasteiger partial charge on any atom is -0.497 e. The van der Waals surface area contributed by atoms with Crippen molar-refractivity contribution in [1.29, 1.82) is 0 Å². The molecule has 2 N–H and O–H groups in total. The molecule has 0 bridgehead atoms. The zero-order chi connectivity index (χ0) is 13.7. The highest BCUT2D eigenvalue weighted by Crippen LogP contribution is 2.15. The minimum absolute atomic E-state index is 0.196. The molecular weight excluding hydrogens is 262 g/mol. The highest BCUT2D eigenvalue weighted by atomic mass is 32.1. The molecule has 0 radical (unpaired) electrons. The lowest BCUT2D eigenvalue weighted by Crippen LogP contribution is -2.28. The molecular formula is C14H15NO3S. The van der Waals surface area contributed by atoms with Crippen LogP contribution in [0.25, 0.3) is 0 Å². The Hall–Kier alpha value is -1.85. The van der Waals surface area contributed by atoms with E-state index in [4.69, 9.17) is 4.74 Å². The lowest BCUT2D eigenvalue weighted by Gasteiger charge is -2.10. The second-order valence-electron chi connectivity index (χ2n) is 4.01. The van der Waals surface area contributed by atoms with Crippen molar-refractivity contribution in [2.75, 3.05) is 13.7 Å². The predicted molar refractivity (Wildman–Crippen MR) is 74.6 cm³/mol. The number of methoxy groups -OCH3 is 1. The lowest BCUT2D eigenvalue weighted by molar-refractivity contribution is 0.0916. The number of carbonyl (C=O) groups is 1. The van der Waals surface area contributed by atoms with Crippen molar-refractivity contribution < 1.29 is 14.6 Å². The standard InChI is InChI=1S/C14H15NO3S/c1-18-12-4-2-10(3-5-12)14(17)15-8-13(16)11-6-7-19-9-11/h2-7,9,13,16H,8H2,1H3,(H,15,17)/t13-/m1/s1. The molecule has 0 aliphatic heterocycles. The maximum Gasteiger partial charge on any atom is 0.251 e. The fourth-order valence-electron chi connectivity index (χ4n) is 1.62. The van der Waals surface area contributed by atoms with E-state index < -0.39 is 6.10 Å².